The van der Waals surface area contributed by atoms with Crippen LogP contribution in [0.15, 0.2) is 173 Å². The fourth-order valence-electron chi connectivity index (χ4n) is 8.31. The van der Waals surface area contributed by atoms with Crippen LogP contribution in [0.25, 0.3) is 116 Å². The van der Waals surface area contributed by atoms with Gasteiger partial charge in [-0.15, -0.1) is 0 Å². The lowest BCUT2D eigenvalue weighted by molar-refractivity contribution is 0.652. The maximum absolute atomic E-state index is 6.78. The van der Waals surface area contributed by atoms with E-state index in [9.17, 15) is 0 Å². The first-order valence-electron chi connectivity index (χ1n) is 18.2. The molecule has 0 saturated heterocycles. The van der Waals surface area contributed by atoms with Gasteiger partial charge in [0.05, 0.1) is 27.7 Å². The van der Waals surface area contributed by atoms with E-state index in [1.54, 1.807) is 6.20 Å². The van der Waals surface area contributed by atoms with Crippen LogP contribution >= 0.6 is 0 Å². The van der Waals surface area contributed by atoms with Crippen molar-refractivity contribution in [1.29, 1.82) is 0 Å². The molecular weight excluding hydrogens is 679 g/mol. The zero-order chi connectivity index (χ0) is 36.0. The van der Waals surface area contributed by atoms with Gasteiger partial charge in [-0.25, -0.2) is 19.9 Å². The number of aromatic nitrogens is 5. The second kappa shape index (κ2) is 11.4. The third-order valence-electron chi connectivity index (χ3n) is 10.7. The zero-order valence-electron chi connectivity index (χ0n) is 29.1. The molecule has 5 aromatic heterocycles. The highest BCUT2D eigenvalue weighted by atomic mass is 16.3. The highest BCUT2D eigenvalue weighted by Crippen LogP contribution is 2.42. The lowest BCUT2D eigenvalue weighted by atomic mass is 10.1. The van der Waals surface area contributed by atoms with Gasteiger partial charge in [-0.2, -0.15) is 0 Å². The van der Waals surface area contributed by atoms with Crippen molar-refractivity contribution in [2.24, 2.45) is 0 Å². The lowest BCUT2D eigenvalue weighted by Crippen LogP contribution is -2.00. The molecule has 0 N–H and O–H groups in total. The van der Waals surface area contributed by atoms with Crippen LogP contribution in [0.5, 0.6) is 0 Å². The number of hydrogen-bond acceptors (Lipinski definition) is 6. The van der Waals surface area contributed by atoms with E-state index < -0.39 is 0 Å². The van der Waals surface area contributed by atoms with Crippen LogP contribution in [0.4, 0.5) is 0 Å². The van der Waals surface area contributed by atoms with Crippen molar-refractivity contribution in [3.8, 4) is 39.9 Å². The molecule has 7 heteroatoms. The fraction of sp³-hybridized carbons (Fsp3) is 0. The molecule has 0 aliphatic heterocycles. The molecule has 55 heavy (non-hydrogen) atoms. The van der Waals surface area contributed by atoms with Gasteiger partial charge < -0.3 is 13.4 Å². The van der Waals surface area contributed by atoms with Gasteiger partial charge in [-0.05, 0) is 35.7 Å². The summed E-state index contributed by atoms with van der Waals surface area (Å²) in [6.07, 6.45) is 1.76. The summed E-state index contributed by atoms with van der Waals surface area (Å²) < 4.78 is 15.6. The fourth-order valence-corrected chi connectivity index (χ4v) is 8.31. The smallest absolute Gasteiger partial charge is 0.228 e. The molecule has 0 saturated carbocycles. The van der Waals surface area contributed by atoms with Crippen molar-refractivity contribution in [2.45, 2.75) is 0 Å². The molecule has 0 amide bonds. The first kappa shape index (κ1) is 29.9. The molecule has 0 aliphatic carbocycles. The maximum Gasteiger partial charge on any atom is 0.228 e. The van der Waals surface area contributed by atoms with Gasteiger partial charge in [-0.3, -0.25) is 0 Å². The van der Waals surface area contributed by atoms with Crippen LogP contribution in [0, 0.1) is 0 Å². The molecule has 0 bridgehead atoms. The number of rotatable bonds is 4. The number of fused-ring (bicyclic) bond motifs is 11. The van der Waals surface area contributed by atoms with Crippen molar-refractivity contribution >= 4 is 76.6 Å². The first-order valence-corrected chi connectivity index (χ1v) is 18.2. The molecule has 5 heterocycles. The predicted molar refractivity (Wildman–Crippen MR) is 220 cm³/mol. The van der Waals surface area contributed by atoms with Crippen LogP contribution in [0.1, 0.15) is 0 Å². The molecule has 12 rings (SSSR count). The molecule has 0 atom stereocenters. The summed E-state index contributed by atoms with van der Waals surface area (Å²) in [4.78, 5) is 20.1. The minimum absolute atomic E-state index is 0.508. The number of hydrogen-bond donors (Lipinski definition) is 0. The molecular formula is C48H27N5O2. The molecule has 0 spiro atoms. The van der Waals surface area contributed by atoms with Crippen molar-refractivity contribution in [3.05, 3.63) is 164 Å². The number of nitrogens with zero attached hydrogens (tertiary/aromatic N) is 5. The largest absolute Gasteiger partial charge is 0.455 e. The highest BCUT2D eigenvalue weighted by Gasteiger charge is 2.23. The van der Waals surface area contributed by atoms with Gasteiger partial charge in [0.1, 0.15) is 11.2 Å². The molecule has 7 aromatic carbocycles. The molecule has 0 unspecified atom stereocenters. The predicted octanol–water partition coefficient (Wildman–Crippen LogP) is 12.3. The summed E-state index contributed by atoms with van der Waals surface area (Å²) in [5.41, 5.74) is 8.43. The lowest BCUT2D eigenvalue weighted by Gasteiger charge is -2.10. The van der Waals surface area contributed by atoms with Gasteiger partial charge in [0.2, 0.25) is 5.71 Å². The van der Waals surface area contributed by atoms with Gasteiger partial charge >= 0.3 is 0 Å². The Morgan fingerprint density at radius 3 is 2.05 bits per heavy atom. The van der Waals surface area contributed by atoms with Crippen LogP contribution in [-0.4, -0.2) is 24.5 Å². The summed E-state index contributed by atoms with van der Waals surface area (Å²) in [5, 5.41) is 8.53. The SMILES string of the molecule is c1ccc(-c2nc(-c3cccc4c3oc3ccccc34)nc(-c3ccnc4oc5c(-n6c7ccccc7c7ccc8ccccc8c76)cccc5c34)n2)cc1. The number of para-hydroxylation sites is 4. The summed E-state index contributed by atoms with van der Waals surface area (Å²) >= 11 is 0. The molecule has 12 aromatic rings. The summed E-state index contributed by atoms with van der Waals surface area (Å²) in [6, 6.07) is 54.0. The van der Waals surface area contributed by atoms with E-state index in [1.165, 1.54) is 21.5 Å². The van der Waals surface area contributed by atoms with E-state index in [0.717, 1.165) is 71.7 Å². The van der Waals surface area contributed by atoms with Gasteiger partial charge in [0.15, 0.2) is 23.1 Å². The van der Waals surface area contributed by atoms with Crippen molar-refractivity contribution < 1.29 is 8.83 Å². The first-order chi connectivity index (χ1) is 27.3. The zero-order valence-corrected chi connectivity index (χ0v) is 29.1. The summed E-state index contributed by atoms with van der Waals surface area (Å²) in [5.74, 6) is 1.59. The van der Waals surface area contributed by atoms with E-state index >= 15 is 0 Å². The second-order valence-corrected chi connectivity index (χ2v) is 13.8. The van der Waals surface area contributed by atoms with E-state index in [1.807, 2.05) is 66.7 Å². The highest BCUT2D eigenvalue weighted by molar-refractivity contribution is 6.20. The number of pyridine rings is 1. The topological polar surface area (TPSA) is 82.8 Å². The third-order valence-corrected chi connectivity index (χ3v) is 10.7. The Bertz CT molecular complexity index is 3510. The average Bonchev–Trinajstić information content (AvgIpc) is 3.94. The molecule has 0 radical (unpaired) electrons. The Kier molecular flexibility index (Phi) is 6.21. The Morgan fingerprint density at radius 2 is 1.15 bits per heavy atom. The van der Waals surface area contributed by atoms with Crippen molar-refractivity contribution in [3.63, 3.8) is 0 Å². The Morgan fingerprint density at radius 1 is 0.436 bits per heavy atom. The van der Waals surface area contributed by atoms with Gasteiger partial charge in [0, 0.05) is 49.6 Å². The molecule has 0 fully saturated rings. The van der Waals surface area contributed by atoms with E-state index in [-0.39, 0.29) is 0 Å². The summed E-state index contributed by atoms with van der Waals surface area (Å²) in [6.45, 7) is 0. The minimum Gasteiger partial charge on any atom is -0.455 e. The molecule has 0 aliphatic rings. The maximum atomic E-state index is 6.78. The molecule has 256 valence electrons. The number of furan rings is 2. The second-order valence-electron chi connectivity index (χ2n) is 13.8. The average molecular weight is 706 g/mol. The van der Waals surface area contributed by atoms with E-state index in [4.69, 9.17) is 28.8 Å². The quantitative estimate of drug-likeness (QED) is 0.181. The Labute approximate surface area is 312 Å². The third kappa shape index (κ3) is 4.38. The Balaban J connectivity index is 1.13. The van der Waals surface area contributed by atoms with Crippen molar-refractivity contribution in [1.82, 2.24) is 24.5 Å². The van der Waals surface area contributed by atoms with Crippen LogP contribution < -0.4 is 0 Å². The van der Waals surface area contributed by atoms with Crippen LogP contribution in [0.3, 0.4) is 0 Å². The normalized spacial score (nSPS) is 12.0. The van der Waals surface area contributed by atoms with E-state index in [0.29, 0.717) is 23.2 Å². The van der Waals surface area contributed by atoms with Crippen molar-refractivity contribution in [2.75, 3.05) is 0 Å². The standard InChI is InChI=1S/C48H27N5O2/c1-2-13-29(14-3-1)45-50-46(52-47(51-45)37-20-10-18-34-32-17-7-9-23-40(32)54-43(34)37)36-26-27-49-48-41(36)35-19-11-22-39(44(35)55-48)53-38-21-8-6-16-31(38)33-25-24-28-12-4-5-15-30(28)42(33)53/h1-27H. The number of benzene rings is 7. The van der Waals surface area contributed by atoms with E-state index in [2.05, 4.69) is 95.6 Å². The van der Waals surface area contributed by atoms with Crippen LogP contribution in [-0.2, 0) is 0 Å². The summed E-state index contributed by atoms with van der Waals surface area (Å²) in [7, 11) is 0. The van der Waals surface area contributed by atoms with Gasteiger partial charge in [-0.1, -0.05) is 127 Å². The van der Waals surface area contributed by atoms with Crippen LogP contribution in [0.2, 0.25) is 0 Å². The Hall–Kier alpha value is -7.64. The monoisotopic (exact) mass is 705 g/mol. The van der Waals surface area contributed by atoms with Gasteiger partial charge in [0.25, 0.3) is 0 Å². The minimum atomic E-state index is 0.508. The molecule has 7 nitrogen and oxygen atoms in total.